The van der Waals surface area contributed by atoms with Crippen LogP contribution >= 0.6 is 11.6 Å². The van der Waals surface area contributed by atoms with Crippen molar-refractivity contribution in [3.8, 4) is 6.07 Å². The van der Waals surface area contributed by atoms with E-state index >= 15 is 0 Å². The van der Waals surface area contributed by atoms with Crippen molar-refractivity contribution in [2.24, 2.45) is 5.73 Å². The summed E-state index contributed by atoms with van der Waals surface area (Å²) in [4.78, 5) is 29.0. The molecule has 0 unspecified atom stereocenters. The zero-order valence-electron chi connectivity index (χ0n) is 18.0. The van der Waals surface area contributed by atoms with Crippen LogP contribution < -0.4 is 11.1 Å². The summed E-state index contributed by atoms with van der Waals surface area (Å²) in [6.07, 6.45) is 2.11. The molecule has 0 aliphatic carbocycles. The van der Waals surface area contributed by atoms with Gasteiger partial charge in [0, 0.05) is 11.5 Å². The Labute approximate surface area is 198 Å². The van der Waals surface area contributed by atoms with E-state index in [4.69, 9.17) is 22.6 Å². The van der Waals surface area contributed by atoms with E-state index in [9.17, 15) is 14.0 Å². The number of carbonyl (C=O) groups excluding carboxylic acids is 2. The third-order valence-corrected chi connectivity index (χ3v) is 5.58. The number of fused-ring (bicyclic) bond motifs is 1. The standard InChI is InChI=1S/C24H18ClFN6O2/c1-2-22-21(11-29-32(22)12-14-5-3-13(10-27)4-6-14)31-24(34)16-8-20(23(28)33)30-19-9-18(26)17(25)7-15(16)19/h3-9,11H,2,12H2,1H3,(H2,28,33)(H,31,34). The number of nitrogens with one attached hydrogen (secondary N) is 1. The highest BCUT2D eigenvalue weighted by Crippen LogP contribution is 2.27. The Hall–Kier alpha value is -4.29. The number of nitrogens with two attached hydrogens (primary N) is 1. The van der Waals surface area contributed by atoms with Gasteiger partial charge in [-0.3, -0.25) is 14.3 Å². The van der Waals surface area contributed by atoms with Crippen LogP contribution in [0.5, 0.6) is 0 Å². The fourth-order valence-electron chi connectivity index (χ4n) is 3.61. The van der Waals surface area contributed by atoms with Crippen molar-refractivity contribution in [3.63, 3.8) is 0 Å². The monoisotopic (exact) mass is 476 g/mol. The van der Waals surface area contributed by atoms with E-state index in [1.165, 1.54) is 18.3 Å². The second-order valence-electron chi connectivity index (χ2n) is 7.48. The van der Waals surface area contributed by atoms with Crippen LogP contribution in [0, 0.1) is 17.1 Å². The number of amides is 2. The van der Waals surface area contributed by atoms with Crippen LogP contribution in [0.1, 0.15) is 44.6 Å². The lowest BCUT2D eigenvalue weighted by Gasteiger charge is -2.11. The van der Waals surface area contributed by atoms with E-state index in [1.807, 2.05) is 19.1 Å². The minimum atomic E-state index is -0.851. The summed E-state index contributed by atoms with van der Waals surface area (Å²) in [5.41, 5.74) is 8.09. The Kier molecular flexibility index (Phi) is 6.25. The van der Waals surface area contributed by atoms with Gasteiger partial charge in [-0.25, -0.2) is 9.37 Å². The second kappa shape index (κ2) is 9.29. The van der Waals surface area contributed by atoms with E-state index in [2.05, 4.69) is 21.5 Å². The number of primary amides is 1. The summed E-state index contributed by atoms with van der Waals surface area (Å²) in [6.45, 7) is 2.38. The van der Waals surface area contributed by atoms with Gasteiger partial charge in [0.05, 0.1) is 51.9 Å². The van der Waals surface area contributed by atoms with Crippen LogP contribution in [-0.4, -0.2) is 26.6 Å². The molecular formula is C24H18ClFN6O2. The summed E-state index contributed by atoms with van der Waals surface area (Å²) >= 11 is 5.92. The highest BCUT2D eigenvalue weighted by Gasteiger charge is 2.19. The molecule has 0 saturated carbocycles. The topological polar surface area (TPSA) is 127 Å². The van der Waals surface area contributed by atoms with Crippen molar-refractivity contribution in [1.29, 1.82) is 5.26 Å². The van der Waals surface area contributed by atoms with Crippen molar-refractivity contribution in [3.05, 3.63) is 87.6 Å². The molecular weight excluding hydrogens is 459 g/mol. The third-order valence-electron chi connectivity index (χ3n) is 5.29. The van der Waals surface area contributed by atoms with Crippen molar-refractivity contribution >= 4 is 40.0 Å². The molecule has 10 heteroatoms. The molecule has 0 radical (unpaired) electrons. The quantitative estimate of drug-likeness (QED) is 0.434. The number of nitriles is 1. The lowest BCUT2D eigenvalue weighted by molar-refractivity contribution is 0.0996. The average Bonchev–Trinajstić information content (AvgIpc) is 3.20. The molecule has 4 aromatic rings. The molecule has 0 saturated heterocycles. The zero-order chi connectivity index (χ0) is 24.4. The first-order valence-electron chi connectivity index (χ1n) is 10.3. The SMILES string of the molecule is CCc1c(NC(=O)c2cc(C(N)=O)nc3cc(F)c(Cl)cc23)cnn1Cc1ccc(C#N)cc1. The van der Waals surface area contributed by atoms with E-state index in [1.54, 1.807) is 16.8 Å². The van der Waals surface area contributed by atoms with Crippen molar-refractivity contribution in [2.45, 2.75) is 19.9 Å². The molecule has 0 atom stereocenters. The summed E-state index contributed by atoms with van der Waals surface area (Å²) in [5, 5.41) is 16.3. The molecule has 34 heavy (non-hydrogen) atoms. The summed E-state index contributed by atoms with van der Waals surface area (Å²) in [5.74, 6) is -2.13. The molecule has 8 nitrogen and oxygen atoms in total. The smallest absolute Gasteiger partial charge is 0.267 e. The minimum Gasteiger partial charge on any atom is -0.364 e. The van der Waals surface area contributed by atoms with Crippen LogP contribution in [0.25, 0.3) is 10.9 Å². The molecule has 0 aliphatic heterocycles. The molecule has 0 aliphatic rings. The van der Waals surface area contributed by atoms with Crippen molar-refractivity contribution in [2.75, 3.05) is 5.32 Å². The normalized spacial score (nSPS) is 10.8. The van der Waals surface area contributed by atoms with Gasteiger partial charge in [0.15, 0.2) is 0 Å². The maximum atomic E-state index is 14.0. The maximum absolute atomic E-state index is 14.0. The molecule has 2 aromatic heterocycles. The summed E-state index contributed by atoms with van der Waals surface area (Å²) in [7, 11) is 0. The number of anilines is 1. The van der Waals surface area contributed by atoms with Crippen molar-refractivity contribution < 1.29 is 14.0 Å². The number of benzene rings is 2. The van der Waals surface area contributed by atoms with Gasteiger partial charge in [0.2, 0.25) is 0 Å². The highest BCUT2D eigenvalue weighted by molar-refractivity contribution is 6.31. The Morgan fingerprint density at radius 3 is 2.62 bits per heavy atom. The summed E-state index contributed by atoms with van der Waals surface area (Å²) in [6, 6.07) is 12.8. The van der Waals surface area contributed by atoms with Crippen LogP contribution in [-0.2, 0) is 13.0 Å². The molecule has 2 amide bonds. The van der Waals surface area contributed by atoms with Gasteiger partial charge in [-0.05, 0) is 36.2 Å². The largest absolute Gasteiger partial charge is 0.364 e. The molecule has 2 heterocycles. The molecule has 0 bridgehead atoms. The number of carbonyl (C=O) groups is 2. The number of rotatable bonds is 6. The minimum absolute atomic E-state index is 0.0718. The highest BCUT2D eigenvalue weighted by atomic mass is 35.5. The van der Waals surface area contributed by atoms with E-state index < -0.39 is 17.6 Å². The van der Waals surface area contributed by atoms with Gasteiger partial charge in [-0.15, -0.1) is 0 Å². The molecule has 170 valence electrons. The predicted octanol–water partition coefficient (Wildman–Crippen LogP) is 4.06. The fraction of sp³-hybridized carbons (Fsp3) is 0.125. The van der Waals surface area contributed by atoms with Crippen molar-refractivity contribution in [1.82, 2.24) is 14.8 Å². The Morgan fingerprint density at radius 1 is 1.24 bits per heavy atom. The maximum Gasteiger partial charge on any atom is 0.267 e. The third kappa shape index (κ3) is 4.44. The number of halogens is 2. The predicted molar refractivity (Wildman–Crippen MR) is 125 cm³/mol. The lowest BCUT2D eigenvalue weighted by atomic mass is 10.1. The Morgan fingerprint density at radius 2 is 1.97 bits per heavy atom. The number of aromatic nitrogens is 3. The van der Waals surface area contributed by atoms with E-state index in [0.717, 1.165) is 17.3 Å². The molecule has 0 fully saturated rings. The average molecular weight is 477 g/mol. The molecule has 2 aromatic carbocycles. The zero-order valence-corrected chi connectivity index (χ0v) is 18.7. The Bertz CT molecular complexity index is 1470. The second-order valence-corrected chi connectivity index (χ2v) is 7.89. The van der Waals surface area contributed by atoms with Gasteiger partial charge in [0.25, 0.3) is 11.8 Å². The number of nitrogens with zero attached hydrogens (tertiary/aromatic N) is 4. The van der Waals surface area contributed by atoms with Gasteiger partial charge in [-0.1, -0.05) is 30.7 Å². The first kappa shape index (κ1) is 22.9. The summed E-state index contributed by atoms with van der Waals surface area (Å²) < 4.78 is 15.7. The molecule has 3 N–H and O–H groups in total. The molecule has 0 spiro atoms. The van der Waals surface area contributed by atoms with E-state index in [-0.39, 0.29) is 27.2 Å². The van der Waals surface area contributed by atoms with Crippen LogP contribution in [0.3, 0.4) is 0 Å². The molecule has 4 rings (SSSR count). The lowest BCUT2D eigenvalue weighted by Crippen LogP contribution is -2.18. The number of hydrogen-bond donors (Lipinski definition) is 2. The van der Waals surface area contributed by atoms with Gasteiger partial charge < -0.3 is 11.1 Å². The van der Waals surface area contributed by atoms with E-state index in [0.29, 0.717) is 24.2 Å². The van der Waals surface area contributed by atoms with Gasteiger partial charge in [0.1, 0.15) is 11.5 Å². The first-order chi connectivity index (χ1) is 16.3. The van der Waals surface area contributed by atoms with Crippen LogP contribution in [0.4, 0.5) is 10.1 Å². The number of hydrogen-bond acceptors (Lipinski definition) is 5. The van der Waals surface area contributed by atoms with Crippen LogP contribution in [0.2, 0.25) is 5.02 Å². The van der Waals surface area contributed by atoms with Gasteiger partial charge in [-0.2, -0.15) is 10.4 Å². The first-order valence-corrected chi connectivity index (χ1v) is 10.6. The fourth-order valence-corrected chi connectivity index (χ4v) is 3.77. The number of pyridine rings is 1. The van der Waals surface area contributed by atoms with Crippen LogP contribution in [0.15, 0.2) is 48.7 Å². The Balaban J connectivity index is 1.68. The van der Waals surface area contributed by atoms with Gasteiger partial charge >= 0.3 is 0 Å².